The molecule has 0 spiro atoms. The van der Waals surface area contributed by atoms with Crippen LogP contribution in [-0.4, -0.2) is 44.3 Å². The average molecular weight is 427 g/mol. The van der Waals surface area contributed by atoms with Crippen LogP contribution in [0.1, 0.15) is 19.4 Å². The topological polar surface area (TPSA) is 125 Å². The summed E-state index contributed by atoms with van der Waals surface area (Å²) in [4.78, 5) is 14.7. The summed E-state index contributed by atoms with van der Waals surface area (Å²) in [7, 11) is 0. The van der Waals surface area contributed by atoms with Crippen molar-refractivity contribution in [1.29, 1.82) is 0 Å². The largest absolute Gasteiger partial charge is 0.501 e. The van der Waals surface area contributed by atoms with Gasteiger partial charge in [0.1, 0.15) is 5.82 Å². The maximum absolute atomic E-state index is 11.2. The molecule has 164 valence electrons. The molecule has 0 atom stereocenters. The van der Waals surface area contributed by atoms with Gasteiger partial charge in [0.2, 0.25) is 5.75 Å². The molecule has 3 rings (SSSR count). The smallest absolute Gasteiger partial charge is 0.312 e. The molecule has 10 nitrogen and oxygen atoms in total. The number of ether oxygens (including phenoxy) is 2. The molecule has 0 bridgehead atoms. The Morgan fingerprint density at radius 3 is 2.61 bits per heavy atom. The highest BCUT2D eigenvalue weighted by atomic mass is 16.7. The molecule has 31 heavy (non-hydrogen) atoms. The van der Waals surface area contributed by atoms with Crippen molar-refractivity contribution >= 4 is 17.2 Å². The molecule has 0 fully saturated rings. The molecular formula is C21H25N5O5. The second kappa shape index (κ2) is 10.0. The fourth-order valence-electron chi connectivity index (χ4n) is 3.09. The first-order chi connectivity index (χ1) is 14.9. The second-order valence-electron chi connectivity index (χ2n) is 6.69. The van der Waals surface area contributed by atoms with Crippen LogP contribution in [0, 0.1) is 17.0 Å². The zero-order valence-electron chi connectivity index (χ0n) is 17.6. The van der Waals surface area contributed by atoms with Crippen LogP contribution in [0.4, 0.5) is 17.2 Å². The monoisotopic (exact) mass is 427 g/mol. The van der Waals surface area contributed by atoms with Crippen LogP contribution in [0.2, 0.25) is 0 Å². The highest BCUT2D eigenvalue weighted by Gasteiger charge is 2.22. The first-order valence-corrected chi connectivity index (χ1v) is 9.90. The Morgan fingerprint density at radius 2 is 2.00 bits per heavy atom. The zero-order valence-corrected chi connectivity index (χ0v) is 17.6. The molecule has 0 aliphatic heterocycles. The molecule has 1 aromatic carbocycles. The molecule has 0 aliphatic rings. The molecule has 0 saturated carbocycles. The minimum Gasteiger partial charge on any atom is -0.501 e. The van der Waals surface area contributed by atoms with Gasteiger partial charge in [-0.25, -0.2) is 4.68 Å². The second-order valence-corrected chi connectivity index (χ2v) is 6.69. The van der Waals surface area contributed by atoms with Crippen molar-refractivity contribution < 1.29 is 19.5 Å². The molecule has 0 radical (unpaired) electrons. The number of rotatable bonds is 10. The Labute approximate surface area is 179 Å². The van der Waals surface area contributed by atoms with Gasteiger partial charge in [0.15, 0.2) is 6.29 Å². The van der Waals surface area contributed by atoms with Crippen molar-refractivity contribution in [1.82, 2.24) is 14.8 Å². The number of hydrogen-bond donors (Lipinski definition) is 2. The van der Waals surface area contributed by atoms with Gasteiger partial charge in [0, 0.05) is 43.3 Å². The molecule has 0 saturated heterocycles. The highest BCUT2D eigenvalue weighted by Crippen LogP contribution is 2.38. The van der Waals surface area contributed by atoms with Gasteiger partial charge >= 0.3 is 5.69 Å². The Balaban J connectivity index is 2.03. The summed E-state index contributed by atoms with van der Waals surface area (Å²) >= 11 is 0. The standard InChI is InChI=1S/C21H25N5O5/c1-4-30-19(31-5-2)13-25-18(11-16(24-25)15-7-6-10-22-12-15)23-20-14(3)8-9-17(21(20)27)26(28)29/h6-12,19,23,27H,4-5,13H2,1-3H3. The first-order valence-electron chi connectivity index (χ1n) is 9.90. The first kappa shape index (κ1) is 22.2. The summed E-state index contributed by atoms with van der Waals surface area (Å²) in [6.45, 7) is 6.71. The SMILES string of the molecule is CCOC(Cn1nc(-c2cccnc2)cc1Nc1c(C)ccc([N+](=O)[O-])c1O)OCC. The number of nitro benzene ring substituents is 1. The van der Waals surface area contributed by atoms with E-state index in [1.165, 1.54) is 6.07 Å². The molecule has 10 heteroatoms. The zero-order chi connectivity index (χ0) is 22.4. The van der Waals surface area contributed by atoms with Gasteiger partial charge in [-0.15, -0.1) is 0 Å². The molecule has 0 unspecified atom stereocenters. The van der Waals surface area contributed by atoms with E-state index in [4.69, 9.17) is 9.47 Å². The van der Waals surface area contributed by atoms with Gasteiger partial charge in [0.05, 0.1) is 22.8 Å². The third kappa shape index (κ3) is 5.16. The van der Waals surface area contributed by atoms with Gasteiger partial charge in [-0.3, -0.25) is 15.1 Å². The van der Waals surface area contributed by atoms with E-state index in [2.05, 4.69) is 15.4 Å². The minimum absolute atomic E-state index is 0.234. The van der Waals surface area contributed by atoms with Crippen LogP contribution in [-0.2, 0) is 16.0 Å². The van der Waals surface area contributed by atoms with Crippen molar-refractivity contribution in [3.8, 4) is 17.0 Å². The summed E-state index contributed by atoms with van der Waals surface area (Å²) in [5.41, 5.74) is 1.94. The van der Waals surface area contributed by atoms with E-state index in [1.54, 1.807) is 42.2 Å². The van der Waals surface area contributed by atoms with Gasteiger partial charge in [-0.2, -0.15) is 5.10 Å². The predicted octanol–water partition coefficient (Wildman–Crippen LogP) is 4.01. The van der Waals surface area contributed by atoms with Crippen molar-refractivity contribution in [2.45, 2.75) is 33.6 Å². The van der Waals surface area contributed by atoms with Crippen LogP contribution in [0.15, 0.2) is 42.7 Å². The van der Waals surface area contributed by atoms with E-state index >= 15 is 0 Å². The number of phenolic OH excluding ortho intramolecular Hbond substituents is 1. The number of aryl methyl sites for hydroxylation is 1. The summed E-state index contributed by atoms with van der Waals surface area (Å²) in [5.74, 6) is 0.0778. The van der Waals surface area contributed by atoms with Gasteiger partial charge < -0.3 is 19.9 Å². The highest BCUT2D eigenvalue weighted by molar-refractivity contribution is 5.75. The lowest BCUT2D eigenvalue weighted by Crippen LogP contribution is -2.25. The number of hydrogen-bond acceptors (Lipinski definition) is 8. The summed E-state index contributed by atoms with van der Waals surface area (Å²) < 4.78 is 12.9. The van der Waals surface area contributed by atoms with Crippen LogP contribution in [0.25, 0.3) is 11.3 Å². The van der Waals surface area contributed by atoms with Crippen molar-refractivity contribution in [3.05, 3.63) is 58.4 Å². The number of aromatic nitrogens is 3. The number of nitrogens with zero attached hydrogens (tertiary/aromatic N) is 4. The summed E-state index contributed by atoms with van der Waals surface area (Å²) in [6.07, 6.45) is 2.83. The molecule has 0 amide bonds. The number of anilines is 2. The maximum atomic E-state index is 11.2. The Morgan fingerprint density at radius 1 is 1.26 bits per heavy atom. The number of benzene rings is 1. The molecule has 2 aromatic heterocycles. The normalized spacial score (nSPS) is 11.1. The Kier molecular flexibility index (Phi) is 7.16. The summed E-state index contributed by atoms with van der Waals surface area (Å²) in [5, 5.41) is 29.5. The fourth-order valence-corrected chi connectivity index (χ4v) is 3.09. The minimum atomic E-state index is -0.626. The van der Waals surface area contributed by atoms with Gasteiger partial charge in [0.25, 0.3) is 0 Å². The van der Waals surface area contributed by atoms with Crippen LogP contribution in [0.3, 0.4) is 0 Å². The van der Waals surface area contributed by atoms with E-state index < -0.39 is 17.0 Å². The third-order valence-electron chi connectivity index (χ3n) is 4.58. The van der Waals surface area contributed by atoms with E-state index in [0.29, 0.717) is 30.3 Å². The van der Waals surface area contributed by atoms with Crippen molar-refractivity contribution in [3.63, 3.8) is 0 Å². The molecule has 3 aromatic rings. The molecule has 2 heterocycles. The number of nitrogens with one attached hydrogen (secondary N) is 1. The van der Waals surface area contributed by atoms with Crippen molar-refractivity contribution in [2.24, 2.45) is 0 Å². The lowest BCUT2D eigenvalue weighted by molar-refractivity contribution is -0.385. The lowest BCUT2D eigenvalue weighted by atomic mass is 10.1. The Hall–Kier alpha value is -3.50. The van der Waals surface area contributed by atoms with Crippen LogP contribution < -0.4 is 5.32 Å². The van der Waals surface area contributed by atoms with Crippen LogP contribution in [0.5, 0.6) is 5.75 Å². The van der Waals surface area contributed by atoms with Gasteiger partial charge in [-0.05, 0) is 38.5 Å². The third-order valence-corrected chi connectivity index (χ3v) is 4.58. The Bertz CT molecular complexity index is 1030. The number of aromatic hydroxyl groups is 1. The van der Waals surface area contributed by atoms with Crippen LogP contribution >= 0.6 is 0 Å². The van der Waals surface area contributed by atoms with E-state index in [-0.39, 0.29) is 17.9 Å². The number of phenols is 1. The quantitative estimate of drug-likeness (QED) is 0.215. The fraction of sp³-hybridized carbons (Fsp3) is 0.333. The van der Waals surface area contributed by atoms with E-state index in [9.17, 15) is 15.2 Å². The lowest BCUT2D eigenvalue weighted by Gasteiger charge is -2.19. The predicted molar refractivity (Wildman–Crippen MR) is 115 cm³/mol. The van der Waals surface area contributed by atoms with Crippen molar-refractivity contribution in [2.75, 3.05) is 18.5 Å². The van der Waals surface area contributed by atoms with E-state index in [1.807, 2.05) is 19.9 Å². The maximum Gasteiger partial charge on any atom is 0.312 e. The average Bonchev–Trinajstić information content (AvgIpc) is 3.14. The molecule has 2 N–H and O–H groups in total. The molecule has 0 aliphatic carbocycles. The molecular weight excluding hydrogens is 402 g/mol. The summed E-state index contributed by atoms with van der Waals surface area (Å²) in [6, 6.07) is 8.31. The number of pyridine rings is 1. The number of nitro groups is 1. The van der Waals surface area contributed by atoms with Gasteiger partial charge in [-0.1, -0.05) is 6.07 Å². The van der Waals surface area contributed by atoms with E-state index in [0.717, 1.165) is 5.56 Å².